The largest absolute Gasteiger partial charge is 0.495 e. The van der Waals surface area contributed by atoms with E-state index in [1.54, 1.807) is 12.3 Å². The topological polar surface area (TPSA) is 96.8 Å². The lowest BCUT2D eigenvalue weighted by Crippen LogP contribution is -2.40. The van der Waals surface area contributed by atoms with Crippen molar-refractivity contribution < 1.29 is 13.2 Å². The zero-order valence-electron chi connectivity index (χ0n) is 13.8. The molecule has 1 aromatic carbocycles. The zero-order chi connectivity index (χ0) is 18.5. The Morgan fingerprint density at radius 3 is 2.85 bits per heavy atom. The molecule has 0 unspecified atom stereocenters. The molecule has 0 bridgehead atoms. The monoisotopic (exact) mass is 394 g/mol. The van der Waals surface area contributed by atoms with Gasteiger partial charge >= 0.3 is 0 Å². The quantitative estimate of drug-likeness (QED) is 0.724. The number of rotatable bonds is 3. The van der Waals surface area contributed by atoms with Crippen molar-refractivity contribution in [2.75, 3.05) is 13.7 Å². The second kappa shape index (κ2) is 6.11. The van der Waals surface area contributed by atoms with E-state index < -0.39 is 10.0 Å². The Morgan fingerprint density at radius 2 is 2.12 bits per heavy atom. The van der Waals surface area contributed by atoms with Gasteiger partial charge in [0.05, 0.1) is 28.3 Å². The minimum atomic E-state index is -3.80. The number of aromatic amines is 1. The van der Waals surface area contributed by atoms with Gasteiger partial charge in [0.1, 0.15) is 5.75 Å². The van der Waals surface area contributed by atoms with Crippen molar-refractivity contribution >= 4 is 27.3 Å². The number of hydrogen-bond donors (Lipinski definition) is 1. The van der Waals surface area contributed by atoms with Crippen LogP contribution in [-0.2, 0) is 23.0 Å². The number of hydrogen-bond acceptors (Lipinski definition) is 5. The molecule has 8 nitrogen and oxygen atoms in total. The summed E-state index contributed by atoms with van der Waals surface area (Å²) in [5.41, 5.74) is 1.24. The van der Waals surface area contributed by atoms with Crippen molar-refractivity contribution in [2.24, 2.45) is 0 Å². The summed E-state index contributed by atoms with van der Waals surface area (Å²) in [5, 5.41) is 2.99. The van der Waals surface area contributed by atoms with Crippen molar-refractivity contribution in [3.63, 3.8) is 0 Å². The highest BCUT2D eigenvalue weighted by Crippen LogP contribution is 2.29. The molecule has 0 fully saturated rings. The number of ether oxygens (including phenoxy) is 1. The normalized spacial score (nSPS) is 15.2. The molecule has 0 saturated heterocycles. The predicted molar refractivity (Wildman–Crippen MR) is 95.1 cm³/mol. The first-order valence-electron chi connectivity index (χ1n) is 7.83. The molecule has 0 spiro atoms. The van der Waals surface area contributed by atoms with Crippen LogP contribution in [0.15, 0.2) is 40.2 Å². The Labute approximate surface area is 154 Å². The van der Waals surface area contributed by atoms with Gasteiger partial charge in [-0.25, -0.2) is 17.9 Å². The Hall–Kier alpha value is -2.36. The molecular weight excluding hydrogens is 380 g/mol. The van der Waals surface area contributed by atoms with Crippen LogP contribution >= 0.6 is 11.6 Å². The first-order chi connectivity index (χ1) is 12.4. The highest BCUT2D eigenvalue weighted by Gasteiger charge is 2.31. The smallest absolute Gasteiger partial charge is 0.277 e. The lowest BCUT2D eigenvalue weighted by atomic mass is 10.1. The lowest BCUT2D eigenvalue weighted by Gasteiger charge is -2.27. The van der Waals surface area contributed by atoms with Crippen LogP contribution in [0.25, 0.3) is 5.65 Å². The van der Waals surface area contributed by atoms with E-state index in [1.807, 2.05) is 0 Å². The van der Waals surface area contributed by atoms with Crippen LogP contribution in [0.4, 0.5) is 0 Å². The molecule has 0 atom stereocenters. The van der Waals surface area contributed by atoms with Crippen molar-refractivity contribution in [2.45, 2.75) is 17.9 Å². The maximum Gasteiger partial charge on any atom is 0.277 e. The van der Waals surface area contributed by atoms with E-state index in [0.717, 1.165) is 0 Å². The average molecular weight is 395 g/mol. The van der Waals surface area contributed by atoms with Crippen LogP contribution < -0.4 is 10.3 Å². The van der Waals surface area contributed by atoms with E-state index in [2.05, 4.69) is 10.1 Å². The molecule has 1 aliphatic rings. The summed E-state index contributed by atoms with van der Waals surface area (Å²) in [4.78, 5) is 17.1. The van der Waals surface area contributed by atoms with E-state index in [9.17, 15) is 13.2 Å². The predicted octanol–water partition coefficient (Wildman–Crippen LogP) is 1.43. The fourth-order valence-electron chi connectivity index (χ4n) is 3.05. The molecule has 2 aromatic heterocycles. The first-order valence-corrected chi connectivity index (χ1v) is 9.65. The van der Waals surface area contributed by atoms with E-state index in [1.165, 1.54) is 34.1 Å². The van der Waals surface area contributed by atoms with Gasteiger partial charge in [0.2, 0.25) is 10.0 Å². The molecule has 1 aliphatic heterocycles. The van der Waals surface area contributed by atoms with Crippen LogP contribution in [-0.4, -0.2) is 41.0 Å². The van der Waals surface area contributed by atoms with Crippen molar-refractivity contribution in [3.8, 4) is 5.75 Å². The second-order valence-electron chi connectivity index (χ2n) is 5.88. The summed E-state index contributed by atoms with van der Waals surface area (Å²) in [6.45, 7) is 0.209. The van der Waals surface area contributed by atoms with E-state index >= 15 is 0 Å². The van der Waals surface area contributed by atoms with Crippen molar-refractivity contribution in [1.29, 1.82) is 0 Å². The van der Waals surface area contributed by atoms with Crippen LogP contribution in [0.3, 0.4) is 0 Å². The SMILES string of the molecule is COc1ccc(S(=O)(=O)N2CCc3nc4cc[nH]n4c(=O)c3C2)cc1Cl. The number of H-pyrrole nitrogens is 1. The second-order valence-corrected chi connectivity index (χ2v) is 8.23. The number of sulfonamides is 1. The Bertz CT molecular complexity index is 1170. The highest BCUT2D eigenvalue weighted by atomic mass is 35.5. The van der Waals surface area contributed by atoms with Gasteiger partial charge in [-0.15, -0.1) is 0 Å². The van der Waals surface area contributed by atoms with Gasteiger partial charge in [-0.1, -0.05) is 11.6 Å². The number of benzene rings is 1. The summed E-state index contributed by atoms with van der Waals surface area (Å²) in [6, 6.07) is 6.00. The summed E-state index contributed by atoms with van der Waals surface area (Å²) < 4.78 is 33.6. The third kappa shape index (κ3) is 2.59. The summed E-state index contributed by atoms with van der Waals surface area (Å²) >= 11 is 6.06. The third-order valence-corrected chi connectivity index (χ3v) is 6.55. The number of methoxy groups -OCH3 is 1. The molecule has 26 heavy (non-hydrogen) atoms. The molecule has 0 aliphatic carbocycles. The van der Waals surface area contributed by atoms with Crippen LogP contribution in [0.2, 0.25) is 5.02 Å². The molecule has 4 rings (SSSR count). The summed E-state index contributed by atoms with van der Waals surface area (Å²) in [5.74, 6) is 0.395. The number of nitrogens with zero attached hydrogens (tertiary/aromatic N) is 3. The minimum absolute atomic E-state index is 0.0326. The number of fused-ring (bicyclic) bond motifs is 2. The van der Waals surface area contributed by atoms with E-state index in [-0.39, 0.29) is 28.6 Å². The van der Waals surface area contributed by atoms with Crippen LogP contribution in [0.5, 0.6) is 5.75 Å². The summed E-state index contributed by atoms with van der Waals surface area (Å²) in [7, 11) is -2.34. The maximum atomic E-state index is 13.0. The van der Waals surface area contributed by atoms with E-state index in [0.29, 0.717) is 29.1 Å². The van der Waals surface area contributed by atoms with Gasteiger partial charge in [0, 0.05) is 31.8 Å². The van der Waals surface area contributed by atoms with Gasteiger partial charge in [0.15, 0.2) is 5.65 Å². The van der Waals surface area contributed by atoms with Gasteiger partial charge < -0.3 is 4.74 Å². The van der Waals surface area contributed by atoms with Gasteiger partial charge in [-0.2, -0.15) is 4.31 Å². The number of nitrogens with one attached hydrogen (secondary N) is 1. The van der Waals surface area contributed by atoms with Crippen molar-refractivity contribution in [1.82, 2.24) is 18.9 Å². The Kier molecular flexibility index (Phi) is 4.02. The molecule has 10 heteroatoms. The van der Waals surface area contributed by atoms with Gasteiger partial charge in [-0.05, 0) is 18.2 Å². The first kappa shape index (κ1) is 17.1. The molecule has 0 saturated carbocycles. The third-order valence-electron chi connectivity index (χ3n) is 4.42. The zero-order valence-corrected chi connectivity index (χ0v) is 15.3. The van der Waals surface area contributed by atoms with E-state index in [4.69, 9.17) is 16.3 Å². The van der Waals surface area contributed by atoms with Crippen LogP contribution in [0, 0.1) is 0 Å². The molecule has 136 valence electrons. The van der Waals surface area contributed by atoms with Gasteiger partial charge in [-0.3, -0.25) is 9.89 Å². The Morgan fingerprint density at radius 1 is 1.31 bits per heavy atom. The highest BCUT2D eigenvalue weighted by molar-refractivity contribution is 7.89. The molecule has 0 amide bonds. The fraction of sp³-hybridized carbons (Fsp3) is 0.250. The molecule has 0 radical (unpaired) electrons. The standard InChI is InChI=1S/C16H15ClN4O4S/c1-25-14-3-2-10(8-12(14)17)26(23,24)20-7-5-13-11(9-20)16(22)21-15(19-13)4-6-18-21/h2-4,6,8,18H,5,7,9H2,1H3. The lowest BCUT2D eigenvalue weighted by molar-refractivity contribution is 0.384. The number of halogens is 1. The average Bonchev–Trinajstić information content (AvgIpc) is 3.10. The van der Waals surface area contributed by atoms with Gasteiger partial charge in [0.25, 0.3) is 5.56 Å². The molecule has 1 N–H and O–H groups in total. The maximum absolute atomic E-state index is 13.0. The molecular formula is C16H15ClN4O4S. The minimum Gasteiger partial charge on any atom is -0.495 e. The molecule has 3 aromatic rings. The fourth-order valence-corrected chi connectivity index (χ4v) is 4.81. The number of aromatic nitrogens is 3. The van der Waals surface area contributed by atoms with Crippen molar-refractivity contribution in [3.05, 3.63) is 57.1 Å². The Balaban J connectivity index is 1.74. The molecule has 3 heterocycles. The summed E-state index contributed by atoms with van der Waals surface area (Å²) in [6.07, 6.45) is 1.98. The van der Waals surface area contributed by atoms with Crippen LogP contribution in [0.1, 0.15) is 11.3 Å².